The van der Waals surface area contributed by atoms with Crippen molar-refractivity contribution in [3.05, 3.63) is 34.9 Å². The van der Waals surface area contributed by atoms with E-state index in [1.54, 1.807) is 20.1 Å². The molecule has 0 spiro atoms. The number of ether oxygens (including phenoxy) is 1. The van der Waals surface area contributed by atoms with Crippen molar-refractivity contribution in [1.29, 1.82) is 0 Å². The third-order valence-corrected chi connectivity index (χ3v) is 3.49. The van der Waals surface area contributed by atoms with Crippen LogP contribution in [0, 0.1) is 24.0 Å². The molecular formula is C16H25F2NO. The zero-order chi connectivity index (χ0) is 15.2. The lowest BCUT2D eigenvalue weighted by Gasteiger charge is -2.25. The zero-order valence-corrected chi connectivity index (χ0v) is 12.9. The Bertz CT molecular complexity index is 433. The molecular weight excluding hydrogens is 260 g/mol. The van der Waals surface area contributed by atoms with Crippen molar-refractivity contribution in [2.45, 2.75) is 33.6 Å². The van der Waals surface area contributed by atoms with Gasteiger partial charge in [0, 0.05) is 26.3 Å². The molecule has 0 fully saturated rings. The highest BCUT2D eigenvalue weighted by Gasteiger charge is 2.18. The maximum Gasteiger partial charge on any atom is 0.129 e. The van der Waals surface area contributed by atoms with E-state index in [-0.39, 0.29) is 5.41 Å². The lowest BCUT2D eigenvalue weighted by molar-refractivity contribution is 0.193. The number of benzene rings is 1. The van der Waals surface area contributed by atoms with E-state index in [0.717, 1.165) is 25.6 Å². The van der Waals surface area contributed by atoms with Gasteiger partial charge in [0.2, 0.25) is 0 Å². The van der Waals surface area contributed by atoms with Gasteiger partial charge in [-0.15, -0.1) is 0 Å². The molecule has 0 radical (unpaired) electrons. The Morgan fingerprint density at radius 2 is 1.90 bits per heavy atom. The first kappa shape index (κ1) is 17.1. The second-order valence-electron chi connectivity index (χ2n) is 6.03. The molecule has 0 aliphatic rings. The summed E-state index contributed by atoms with van der Waals surface area (Å²) >= 11 is 0. The number of hydrogen-bond acceptors (Lipinski definition) is 2. The molecule has 4 heteroatoms. The molecule has 0 saturated carbocycles. The summed E-state index contributed by atoms with van der Waals surface area (Å²) in [6.45, 7) is 8.28. The van der Waals surface area contributed by atoms with Gasteiger partial charge in [0.1, 0.15) is 11.6 Å². The van der Waals surface area contributed by atoms with Gasteiger partial charge >= 0.3 is 0 Å². The highest BCUT2D eigenvalue weighted by atomic mass is 19.1. The number of halogens is 2. The molecule has 0 aliphatic carbocycles. The van der Waals surface area contributed by atoms with E-state index in [1.165, 1.54) is 0 Å². The van der Waals surface area contributed by atoms with Gasteiger partial charge in [-0.1, -0.05) is 19.9 Å². The third-order valence-electron chi connectivity index (χ3n) is 3.49. The molecule has 0 aliphatic heterocycles. The minimum atomic E-state index is -0.480. The summed E-state index contributed by atoms with van der Waals surface area (Å²) in [7, 11) is 1.67. The molecule has 0 bridgehead atoms. The topological polar surface area (TPSA) is 21.3 Å². The molecule has 0 amide bonds. The number of hydrogen-bond donors (Lipinski definition) is 1. The molecule has 1 N–H and O–H groups in total. The molecule has 0 aromatic heterocycles. The average Bonchev–Trinajstić information content (AvgIpc) is 2.37. The lowest BCUT2D eigenvalue weighted by Crippen LogP contribution is -2.32. The highest BCUT2D eigenvalue weighted by Crippen LogP contribution is 2.24. The van der Waals surface area contributed by atoms with Gasteiger partial charge in [0.25, 0.3) is 0 Å². The summed E-state index contributed by atoms with van der Waals surface area (Å²) in [4.78, 5) is 0. The maximum absolute atomic E-state index is 13.7. The Hall–Kier alpha value is -1.00. The fraction of sp³-hybridized carbons (Fsp3) is 0.625. The summed E-state index contributed by atoms with van der Waals surface area (Å²) in [5.74, 6) is -0.928. The fourth-order valence-corrected chi connectivity index (χ4v) is 2.07. The van der Waals surface area contributed by atoms with Gasteiger partial charge in [-0.2, -0.15) is 0 Å². The van der Waals surface area contributed by atoms with E-state index in [4.69, 9.17) is 4.74 Å². The molecule has 1 rings (SSSR count). The van der Waals surface area contributed by atoms with Gasteiger partial charge < -0.3 is 10.1 Å². The van der Waals surface area contributed by atoms with E-state index >= 15 is 0 Å². The Labute approximate surface area is 120 Å². The molecule has 1 aromatic rings. The van der Waals surface area contributed by atoms with Crippen LogP contribution in [0.2, 0.25) is 0 Å². The van der Waals surface area contributed by atoms with Crippen LogP contribution in [0.25, 0.3) is 0 Å². The molecule has 1 aromatic carbocycles. The van der Waals surface area contributed by atoms with Gasteiger partial charge in [0.05, 0.1) is 6.61 Å². The second kappa shape index (κ2) is 7.70. The maximum atomic E-state index is 13.7. The van der Waals surface area contributed by atoms with Gasteiger partial charge in [-0.05, 0) is 36.3 Å². The minimum absolute atomic E-state index is 0.0580. The predicted molar refractivity (Wildman–Crippen MR) is 77.9 cm³/mol. The molecule has 0 atom stereocenters. The molecule has 0 saturated heterocycles. The van der Waals surface area contributed by atoms with Crippen molar-refractivity contribution >= 4 is 0 Å². The Kier molecular flexibility index (Phi) is 6.56. The standard InChI is InChI=1S/C16H25F2NO/c1-12-9-13(15(18)10-14(12)17)5-6-16(2,3)11-19-7-8-20-4/h9-10,19H,5-8,11H2,1-4H3. The average molecular weight is 285 g/mol. The van der Waals surface area contributed by atoms with E-state index in [0.29, 0.717) is 24.2 Å². The van der Waals surface area contributed by atoms with Crippen LogP contribution < -0.4 is 5.32 Å². The largest absolute Gasteiger partial charge is 0.383 e. The van der Waals surface area contributed by atoms with E-state index in [1.807, 2.05) is 0 Å². The second-order valence-corrected chi connectivity index (χ2v) is 6.03. The lowest BCUT2D eigenvalue weighted by atomic mass is 9.86. The Morgan fingerprint density at radius 1 is 1.20 bits per heavy atom. The van der Waals surface area contributed by atoms with Crippen LogP contribution in [0.15, 0.2) is 12.1 Å². The van der Waals surface area contributed by atoms with Crippen LogP contribution in [0.5, 0.6) is 0 Å². The van der Waals surface area contributed by atoms with Crippen LogP contribution in [0.1, 0.15) is 31.4 Å². The van der Waals surface area contributed by atoms with E-state index < -0.39 is 11.6 Å². The normalized spacial score (nSPS) is 11.9. The van der Waals surface area contributed by atoms with Crippen LogP contribution in [0.4, 0.5) is 8.78 Å². The summed E-state index contributed by atoms with van der Waals surface area (Å²) in [5, 5.41) is 3.32. The van der Waals surface area contributed by atoms with E-state index in [9.17, 15) is 8.78 Å². The fourth-order valence-electron chi connectivity index (χ4n) is 2.07. The summed E-state index contributed by atoms with van der Waals surface area (Å²) in [6, 6.07) is 2.59. The van der Waals surface area contributed by atoms with Crippen molar-refractivity contribution in [2.24, 2.45) is 5.41 Å². The molecule has 114 valence electrons. The summed E-state index contributed by atoms with van der Waals surface area (Å²) < 4.78 is 31.9. The zero-order valence-electron chi connectivity index (χ0n) is 12.9. The van der Waals surface area contributed by atoms with Crippen molar-refractivity contribution in [3.63, 3.8) is 0 Å². The smallest absolute Gasteiger partial charge is 0.129 e. The van der Waals surface area contributed by atoms with E-state index in [2.05, 4.69) is 19.2 Å². The number of nitrogens with one attached hydrogen (secondary N) is 1. The third kappa shape index (κ3) is 5.55. The number of methoxy groups -OCH3 is 1. The van der Waals surface area contributed by atoms with Crippen molar-refractivity contribution < 1.29 is 13.5 Å². The molecule has 0 heterocycles. The number of rotatable bonds is 8. The molecule has 2 nitrogen and oxygen atoms in total. The SMILES string of the molecule is COCCNCC(C)(C)CCc1cc(C)c(F)cc1F. The summed E-state index contributed by atoms with van der Waals surface area (Å²) in [5.41, 5.74) is 1.15. The first-order chi connectivity index (χ1) is 9.35. The van der Waals surface area contributed by atoms with Crippen LogP contribution >= 0.6 is 0 Å². The predicted octanol–water partition coefficient (Wildman–Crippen LogP) is 3.47. The molecule has 20 heavy (non-hydrogen) atoms. The first-order valence-electron chi connectivity index (χ1n) is 7.00. The Morgan fingerprint density at radius 3 is 2.55 bits per heavy atom. The monoisotopic (exact) mass is 285 g/mol. The van der Waals surface area contributed by atoms with Gasteiger partial charge in [0.15, 0.2) is 0 Å². The highest BCUT2D eigenvalue weighted by molar-refractivity contribution is 5.25. The number of aryl methyl sites for hydroxylation is 2. The van der Waals surface area contributed by atoms with Gasteiger partial charge in [-0.3, -0.25) is 0 Å². The van der Waals surface area contributed by atoms with Crippen molar-refractivity contribution in [3.8, 4) is 0 Å². The van der Waals surface area contributed by atoms with Crippen LogP contribution in [0.3, 0.4) is 0 Å². The Balaban J connectivity index is 2.51. The summed E-state index contributed by atoms with van der Waals surface area (Å²) in [6.07, 6.45) is 1.46. The quantitative estimate of drug-likeness (QED) is 0.738. The van der Waals surface area contributed by atoms with Crippen LogP contribution in [-0.4, -0.2) is 26.8 Å². The van der Waals surface area contributed by atoms with Crippen molar-refractivity contribution in [2.75, 3.05) is 26.8 Å². The minimum Gasteiger partial charge on any atom is -0.383 e. The van der Waals surface area contributed by atoms with Gasteiger partial charge in [-0.25, -0.2) is 8.78 Å². The van der Waals surface area contributed by atoms with Crippen LogP contribution in [-0.2, 0) is 11.2 Å². The molecule has 0 unspecified atom stereocenters. The first-order valence-corrected chi connectivity index (χ1v) is 7.00. The van der Waals surface area contributed by atoms with Crippen molar-refractivity contribution in [1.82, 2.24) is 5.32 Å².